The molecule has 0 saturated carbocycles. The first kappa shape index (κ1) is 19.9. The zero-order valence-electron chi connectivity index (χ0n) is 15.6. The molecule has 0 aliphatic carbocycles. The van der Waals surface area contributed by atoms with Crippen LogP contribution >= 0.6 is 11.8 Å². The molecule has 3 N–H and O–H groups in total. The lowest BCUT2D eigenvalue weighted by molar-refractivity contribution is 0.0724. The molecule has 1 saturated heterocycles. The van der Waals surface area contributed by atoms with E-state index in [9.17, 15) is 5.11 Å². The third-order valence-corrected chi connectivity index (χ3v) is 5.34. The molecule has 1 aliphatic rings. The predicted octanol–water partition coefficient (Wildman–Crippen LogP) is 2.71. The van der Waals surface area contributed by atoms with E-state index in [1.165, 1.54) is 5.56 Å². The van der Waals surface area contributed by atoms with Gasteiger partial charge in [-0.25, -0.2) is 4.99 Å². The van der Waals surface area contributed by atoms with Gasteiger partial charge in [-0.1, -0.05) is 19.1 Å². The Labute approximate surface area is 155 Å². The van der Waals surface area contributed by atoms with Crippen LogP contribution in [0.15, 0.2) is 23.2 Å². The molecule has 140 valence electrons. The van der Waals surface area contributed by atoms with Crippen molar-refractivity contribution >= 4 is 17.7 Å². The van der Waals surface area contributed by atoms with Crippen molar-refractivity contribution in [3.8, 4) is 5.75 Å². The maximum absolute atomic E-state index is 10.5. The Morgan fingerprint density at radius 1 is 1.36 bits per heavy atom. The molecule has 0 radical (unpaired) electrons. The van der Waals surface area contributed by atoms with E-state index in [1.54, 1.807) is 11.8 Å². The van der Waals surface area contributed by atoms with Crippen LogP contribution in [0, 0.1) is 6.92 Å². The van der Waals surface area contributed by atoms with Gasteiger partial charge in [0.25, 0.3) is 0 Å². The zero-order chi connectivity index (χ0) is 18.1. The number of benzene rings is 1. The fraction of sp³-hybridized carbons (Fsp3) is 0.632. The van der Waals surface area contributed by atoms with Crippen LogP contribution in [0.5, 0.6) is 5.75 Å². The highest BCUT2D eigenvalue weighted by molar-refractivity contribution is 7.99. The number of aryl methyl sites for hydroxylation is 1. The molecule has 0 bridgehead atoms. The summed E-state index contributed by atoms with van der Waals surface area (Å²) >= 11 is 1.80. The highest BCUT2D eigenvalue weighted by Gasteiger charge is 2.31. The van der Waals surface area contributed by atoms with Crippen LogP contribution in [0.1, 0.15) is 37.8 Å². The Morgan fingerprint density at radius 2 is 2.20 bits per heavy atom. The lowest BCUT2D eigenvalue weighted by Crippen LogP contribution is -2.47. The lowest BCUT2D eigenvalue weighted by Gasteiger charge is -2.23. The maximum atomic E-state index is 10.5. The second-order valence-corrected chi connectivity index (χ2v) is 7.64. The summed E-state index contributed by atoms with van der Waals surface area (Å²) in [6.07, 6.45) is 1.81. The van der Waals surface area contributed by atoms with Crippen LogP contribution in [-0.2, 0) is 6.54 Å². The minimum Gasteiger partial charge on any atom is -0.493 e. The van der Waals surface area contributed by atoms with Crippen LogP contribution in [0.3, 0.4) is 0 Å². The Morgan fingerprint density at radius 3 is 2.88 bits per heavy atom. The average Bonchev–Trinajstić information content (AvgIpc) is 3.03. The van der Waals surface area contributed by atoms with Gasteiger partial charge in [-0.05, 0) is 44.1 Å². The van der Waals surface area contributed by atoms with Gasteiger partial charge < -0.3 is 20.5 Å². The minimum absolute atomic E-state index is 0.527. The number of guanidine groups is 1. The van der Waals surface area contributed by atoms with Gasteiger partial charge in [0.2, 0.25) is 0 Å². The number of aliphatic imine (C=N–C) groups is 1. The normalized spacial score (nSPS) is 20.6. The summed E-state index contributed by atoms with van der Waals surface area (Å²) in [6, 6.07) is 6.23. The average molecular weight is 366 g/mol. The number of thioether (sulfide) groups is 1. The standard InChI is InChI=1S/C19H31N3O2S/c1-4-9-24-17-11-15(3)6-7-16(17)12-21-18(20-5-2)22-13-19(23)8-10-25-14-19/h6-7,11,23H,4-5,8-10,12-14H2,1-3H3,(H2,20,21,22). The molecule has 1 aliphatic heterocycles. The Bertz CT molecular complexity index is 572. The summed E-state index contributed by atoms with van der Waals surface area (Å²) in [5.74, 6) is 3.45. The van der Waals surface area contributed by atoms with Crippen molar-refractivity contribution in [2.45, 2.75) is 45.8 Å². The predicted molar refractivity (Wildman–Crippen MR) is 107 cm³/mol. The molecule has 1 unspecified atom stereocenters. The summed E-state index contributed by atoms with van der Waals surface area (Å²) in [5.41, 5.74) is 1.64. The van der Waals surface area contributed by atoms with E-state index in [0.29, 0.717) is 19.7 Å². The fourth-order valence-electron chi connectivity index (χ4n) is 2.63. The van der Waals surface area contributed by atoms with Crippen LogP contribution < -0.4 is 15.4 Å². The molecular weight excluding hydrogens is 334 g/mol. The highest BCUT2D eigenvalue weighted by Crippen LogP contribution is 2.27. The van der Waals surface area contributed by atoms with E-state index >= 15 is 0 Å². The van der Waals surface area contributed by atoms with Gasteiger partial charge in [-0.2, -0.15) is 11.8 Å². The third-order valence-electron chi connectivity index (χ3n) is 4.10. The van der Waals surface area contributed by atoms with Gasteiger partial charge in [0, 0.05) is 24.4 Å². The van der Waals surface area contributed by atoms with Crippen molar-refractivity contribution in [3.63, 3.8) is 0 Å². The number of hydrogen-bond acceptors (Lipinski definition) is 4. The van der Waals surface area contributed by atoms with Crippen LogP contribution in [-0.4, -0.2) is 47.9 Å². The van der Waals surface area contributed by atoms with E-state index < -0.39 is 5.60 Å². The number of hydrogen-bond donors (Lipinski definition) is 3. The van der Waals surface area contributed by atoms with Gasteiger partial charge in [0.05, 0.1) is 18.8 Å². The SMILES string of the molecule is CCCOc1cc(C)ccc1CN=C(NCC)NCC1(O)CCSC1. The molecular formula is C19H31N3O2S. The molecule has 5 nitrogen and oxygen atoms in total. The van der Waals surface area contributed by atoms with E-state index in [1.807, 2.05) is 6.92 Å². The number of nitrogens with zero attached hydrogens (tertiary/aromatic N) is 1. The summed E-state index contributed by atoms with van der Waals surface area (Å²) in [5, 5.41) is 17.0. The Hall–Kier alpha value is -1.40. The quantitative estimate of drug-likeness (QED) is 0.488. The monoisotopic (exact) mass is 365 g/mol. The molecule has 1 atom stereocenters. The van der Waals surface area contributed by atoms with Crippen molar-refractivity contribution in [1.29, 1.82) is 0 Å². The smallest absolute Gasteiger partial charge is 0.191 e. The Kier molecular flexibility index (Phi) is 7.90. The topological polar surface area (TPSA) is 65.9 Å². The summed E-state index contributed by atoms with van der Waals surface area (Å²) in [4.78, 5) is 4.67. The fourth-order valence-corrected chi connectivity index (χ4v) is 3.92. The van der Waals surface area contributed by atoms with E-state index in [-0.39, 0.29) is 0 Å². The molecule has 0 amide bonds. The van der Waals surface area contributed by atoms with Gasteiger partial charge in [-0.15, -0.1) is 0 Å². The second kappa shape index (κ2) is 9.92. The van der Waals surface area contributed by atoms with Crippen molar-refractivity contribution in [3.05, 3.63) is 29.3 Å². The third kappa shape index (κ3) is 6.44. The van der Waals surface area contributed by atoms with Gasteiger partial charge in [-0.3, -0.25) is 0 Å². The number of rotatable bonds is 8. The zero-order valence-corrected chi connectivity index (χ0v) is 16.4. The summed E-state index contributed by atoms with van der Waals surface area (Å²) in [6.45, 7) is 8.78. The van der Waals surface area contributed by atoms with E-state index in [4.69, 9.17) is 4.74 Å². The van der Waals surface area contributed by atoms with Crippen molar-refractivity contribution in [2.75, 3.05) is 31.2 Å². The number of nitrogens with one attached hydrogen (secondary N) is 2. The summed E-state index contributed by atoms with van der Waals surface area (Å²) in [7, 11) is 0. The minimum atomic E-state index is -0.625. The highest BCUT2D eigenvalue weighted by atomic mass is 32.2. The molecule has 1 aromatic rings. The molecule has 1 fully saturated rings. The van der Waals surface area contributed by atoms with Crippen LogP contribution in [0.2, 0.25) is 0 Å². The molecule has 1 heterocycles. The van der Waals surface area contributed by atoms with Gasteiger partial charge in [0.1, 0.15) is 5.75 Å². The van der Waals surface area contributed by atoms with E-state index in [2.05, 4.69) is 47.7 Å². The van der Waals surface area contributed by atoms with Gasteiger partial charge >= 0.3 is 0 Å². The second-order valence-electron chi connectivity index (χ2n) is 6.54. The van der Waals surface area contributed by atoms with E-state index in [0.717, 1.165) is 48.2 Å². The molecule has 1 aromatic carbocycles. The first-order chi connectivity index (χ1) is 12.1. The maximum Gasteiger partial charge on any atom is 0.191 e. The summed E-state index contributed by atoms with van der Waals surface area (Å²) < 4.78 is 5.86. The Balaban J connectivity index is 2.02. The first-order valence-electron chi connectivity index (χ1n) is 9.11. The van der Waals surface area contributed by atoms with Crippen molar-refractivity contribution in [1.82, 2.24) is 10.6 Å². The molecule has 0 aromatic heterocycles. The molecule has 6 heteroatoms. The molecule has 0 spiro atoms. The number of ether oxygens (including phenoxy) is 1. The molecule has 25 heavy (non-hydrogen) atoms. The molecule has 2 rings (SSSR count). The van der Waals surface area contributed by atoms with Crippen LogP contribution in [0.25, 0.3) is 0 Å². The van der Waals surface area contributed by atoms with Crippen molar-refractivity contribution in [2.24, 2.45) is 4.99 Å². The largest absolute Gasteiger partial charge is 0.493 e. The van der Waals surface area contributed by atoms with Crippen molar-refractivity contribution < 1.29 is 9.84 Å². The first-order valence-corrected chi connectivity index (χ1v) is 10.3. The lowest BCUT2D eigenvalue weighted by atomic mass is 10.0. The number of aliphatic hydroxyl groups is 1. The van der Waals surface area contributed by atoms with Gasteiger partial charge in [0.15, 0.2) is 5.96 Å². The van der Waals surface area contributed by atoms with Crippen LogP contribution in [0.4, 0.5) is 0 Å².